The molecule has 1 saturated carbocycles. The van der Waals surface area contributed by atoms with Gasteiger partial charge in [-0.3, -0.25) is 14.5 Å². The maximum absolute atomic E-state index is 13.6. The molecular weight excluding hydrogens is 416 g/mol. The molecule has 0 unspecified atom stereocenters. The van der Waals surface area contributed by atoms with Crippen molar-refractivity contribution in [3.05, 3.63) is 62.8 Å². The number of hydrogen-bond donors (Lipinski definition) is 1. The van der Waals surface area contributed by atoms with Gasteiger partial charge in [-0.05, 0) is 72.9 Å². The monoisotopic (exact) mass is 440 g/mol. The predicted molar refractivity (Wildman–Crippen MR) is 120 cm³/mol. The predicted octanol–water partition coefficient (Wildman–Crippen LogP) is 4.66. The molecule has 0 aliphatic heterocycles. The van der Waals surface area contributed by atoms with Gasteiger partial charge in [0.15, 0.2) is 11.7 Å². The molecule has 2 heterocycles. The summed E-state index contributed by atoms with van der Waals surface area (Å²) in [5, 5.41) is 10.8. The van der Waals surface area contributed by atoms with Crippen LogP contribution < -0.4 is 10.2 Å². The molecule has 4 rings (SSSR count). The summed E-state index contributed by atoms with van der Waals surface area (Å²) >= 11 is 2.62. The quantitative estimate of drug-likeness (QED) is 0.605. The number of nitrogens with zero attached hydrogens (tertiary/aromatic N) is 3. The minimum atomic E-state index is -0.762. The lowest BCUT2D eigenvalue weighted by molar-refractivity contribution is -0.123. The Morgan fingerprint density at radius 2 is 2.00 bits per heavy atom. The molecule has 1 N–H and O–H groups in total. The van der Waals surface area contributed by atoms with Gasteiger partial charge in [0.1, 0.15) is 0 Å². The molecule has 3 aromatic rings. The normalized spacial score (nSPS) is 15.1. The lowest BCUT2D eigenvalue weighted by atomic mass is 10.1. The van der Waals surface area contributed by atoms with Crippen LogP contribution in [0.15, 0.2) is 41.1 Å². The van der Waals surface area contributed by atoms with E-state index in [9.17, 15) is 9.59 Å². The first-order valence-corrected chi connectivity index (χ1v) is 11.8. The third-order valence-corrected chi connectivity index (χ3v) is 7.01. The Kier molecular flexibility index (Phi) is 6.24. The molecule has 1 aliphatic rings. The summed E-state index contributed by atoms with van der Waals surface area (Å²) in [6.07, 6.45) is 4.21. The van der Waals surface area contributed by atoms with E-state index in [0.29, 0.717) is 5.69 Å². The van der Waals surface area contributed by atoms with Crippen LogP contribution in [0.4, 0.5) is 5.69 Å². The first kappa shape index (κ1) is 20.7. The molecule has 8 heteroatoms. The lowest BCUT2D eigenvalue weighted by Gasteiger charge is -2.31. The number of nitrogens with one attached hydrogen (secondary N) is 1. The fraction of sp³-hybridized carbons (Fsp3) is 0.364. The molecular formula is C22H24N4O2S2. The molecule has 1 aliphatic carbocycles. The summed E-state index contributed by atoms with van der Waals surface area (Å²) in [7, 11) is 0. The molecule has 0 radical (unpaired) electrons. The fourth-order valence-corrected chi connectivity index (χ4v) is 5.36. The van der Waals surface area contributed by atoms with Gasteiger partial charge in [0.25, 0.3) is 5.91 Å². The van der Waals surface area contributed by atoms with Gasteiger partial charge in [-0.1, -0.05) is 29.5 Å². The molecule has 0 saturated heterocycles. The van der Waals surface area contributed by atoms with Crippen LogP contribution in [0.3, 0.4) is 0 Å². The van der Waals surface area contributed by atoms with Crippen LogP contribution in [0.1, 0.15) is 58.2 Å². The zero-order valence-electron chi connectivity index (χ0n) is 17.0. The summed E-state index contributed by atoms with van der Waals surface area (Å²) in [5.41, 5.74) is 2.93. The maximum Gasteiger partial charge on any atom is 0.280 e. The van der Waals surface area contributed by atoms with Gasteiger partial charge < -0.3 is 5.32 Å². The van der Waals surface area contributed by atoms with Crippen LogP contribution in [0.2, 0.25) is 0 Å². The van der Waals surface area contributed by atoms with Crippen molar-refractivity contribution in [2.24, 2.45) is 0 Å². The molecule has 30 heavy (non-hydrogen) atoms. The van der Waals surface area contributed by atoms with E-state index in [1.165, 1.54) is 11.3 Å². The number of aryl methyl sites for hydroxylation is 2. The highest BCUT2D eigenvalue weighted by atomic mass is 32.1. The number of aromatic nitrogens is 2. The van der Waals surface area contributed by atoms with Gasteiger partial charge >= 0.3 is 0 Å². The largest absolute Gasteiger partial charge is 0.351 e. The molecule has 2 amide bonds. The SMILES string of the molecule is Cc1cccc(N(C(=O)c2csnn2)[C@H](C(=O)NC2CCCC2)c2sccc2C)c1. The molecule has 1 atom stereocenters. The van der Waals surface area contributed by atoms with Crippen molar-refractivity contribution in [2.75, 3.05) is 4.90 Å². The Hall–Kier alpha value is -2.58. The van der Waals surface area contributed by atoms with Crippen molar-refractivity contribution < 1.29 is 9.59 Å². The van der Waals surface area contributed by atoms with E-state index in [-0.39, 0.29) is 23.6 Å². The van der Waals surface area contributed by atoms with Crippen molar-refractivity contribution in [3.63, 3.8) is 0 Å². The third-order valence-electron chi connectivity index (χ3n) is 5.44. The van der Waals surface area contributed by atoms with Gasteiger partial charge in [-0.25, -0.2) is 0 Å². The molecule has 6 nitrogen and oxygen atoms in total. The Labute approximate surface area is 184 Å². The molecule has 156 valence electrons. The number of anilines is 1. The van der Waals surface area contributed by atoms with E-state index in [1.807, 2.05) is 49.6 Å². The number of carbonyl (C=O) groups excluding carboxylic acids is 2. The zero-order valence-corrected chi connectivity index (χ0v) is 18.6. The Bertz CT molecular complexity index is 1030. The third kappa shape index (κ3) is 4.29. The van der Waals surface area contributed by atoms with E-state index in [1.54, 1.807) is 10.3 Å². The first-order valence-electron chi connectivity index (χ1n) is 10.1. The summed E-state index contributed by atoms with van der Waals surface area (Å²) in [6.45, 7) is 3.95. The van der Waals surface area contributed by atoms with E-state index in [4.69, 9.17) is 0 Å². The van der Waals surface area contributed by atoms with Gasteiger partial charge in [0.05, 0.1) is 0 Å². The number of hydrogen-bond acceptors (Lipinski definition) is 6. The van der Waals surface area contributed by atoms with E-state index >= 15 is 0 Å². The Morgan fingerprint density at radius 1 is 1.20 bits per heavy atom. The van der Waals surface area contributed by atoms with Crippen LogP contribution in [0.5, 0.6) is 0 Å². The standard InChI is InChI=1S/C22H24N4O2S2/c1-14-6-5-9-17(12-14)26(22(28)18-13-30-25-24-18)19(20-15(2)10-11-29-20)21(27)23-16-7-3-4-8-16/h5-6,9-13,16,19H,3-4,7-8H2,1-2H3,(H,23,27)/t19-/m0/s1. The number of carbonyl (C=O) groups is 2. The smallest absolute Gasteiger partial charge is 0.280 e. The van der Waals surface area contributed by atoms with Crippen LogP contribution in [0, 0.1) is 13.8 Å². The van der Waals surface area contributed by atoms with Gasteiger partial charge in [0, 0.05) is 22.0 Å². The first-order chi connectivity index (χ1) is 14.5. The zero-order chi connectivity index (χ0) is 21.1. The van der Waals surface area contributed by atoms with Gasteiger partial charge in [-0.15, -0.1) is 16.4 Å². The summed E-state index contributed by atoms with van der Waals surface area (Å²) in [4.78, 5) is 29.6. The number of benzene rings is 1. The average molecular weight is 441 g/mol. The highest BCUT2D eigenvalue weighted by molar-refractivity contribution is 7.10. The second-order valence-corrected chi connectivity index (χ2v) is 9.22. The van der Waals surface area contributed by atoms with Crippen LogP contribution in [-0.4, -0.2) is 27.4 Å². The van der Waals surface area contributed by atoms with Gasteiger partial charge in [0.2, 0.25) is 5.91 Å². The van der Waals surface area contributed by atoms with E-state index < -0.39 is 6.04 Å². The summed E-state index contributed by atoms with van der Waals surface area (Å²) in [6, 6.07) is 9.05. The van der Waals surface area contributed by atoms with E-state index in [0.717, 1.165) is 53.2 Å². The van der Waals surface area contributed by atoms with Crippen LogP contribution >= 0.6 is 22.9 Å². The molecule has 2 aromatic heterocycles. The van der Waals surface area contributed by atoms with Crippen molar-refractivity contribution in [3.8, 4) is 0 Å². The van der Waals surface area contributed by atoms with Gasteiger partial charge in [-0.2, -0.15) is 0 Å². The molecule has 0 bridgehead atoms. The lowest BCUT2D eigenvalue weighted by Crippen LogP contribution is -2.46. The summed E-state index contributed by atoms with van der Waals surface area (Å²) < 4.78 is 3.85. The van der Waals surface area contributed by atoms with Crippen molar-refractivity contribution in [1.82, 2.24) is 14.9 Å². The second-order valence-electron chi connectivity index (χ2n) is 7.66. The summed E-state index contributed by atoms with van der Waals surface area (Å²) in [5.74, 6) is -0.473. The van der Waals surface area contributed by atoms with Crippen molar-refractivity contribution >= 4 is 40.4 Å². The maximum atomic E-state index is 13.6. The minimum Gasteiger partial charge on any atom is -0.351 e. The fourth-order valence-electron chi connectivity index (χ4n) is 3.91. The Balaban J connectivity index is 1.80. The van der Waals surface area contributed by atoms with E-state index in [2.05, 4.69) is 14.9 Å². The molecule has 1 aromatic carbocycles. The van der Waals surface area contributed by atoms with Crippen molar-refractivity contribution in [2.45, 2.75) is 51.6 Å². The van der Waals surface area contributed by atoms with Crippen LogP contribution in [0.25, 0.3) is 0 Å². The highest BCUT2D eigenvalue weighted by Gasteiger charge is 2.37. The minimum absolute atomic E-state index is 0.148. The van der Waals surface area contributed by atoms with Crippen molar-refractivity contribution in [1.29, 1.82) is 0 Å². The number of amides is 2. The molecule has 0 spiro atoms. The molecule has 1 fully saturated rings. The average Bonchev–Trinajstić information content (AvgIpc) is 3.49. The van der Waals surface area contributed by atoms with Crippen LogP contribution in [-0.2, 0) is 4.79 Å². The number of thiophene rings is 1. The second kappa shape index (κ2) is 9.06. The number of rotatable bonds is 6. The Morgan fingerprint density at radius 3 is 2.63 bits per heavy atom. The topological polar surface area (TPSA) is 75.2 Å². The highest BCUT2D eigenvalue weighted by Crippen LogP contribution is 2.35.